The first kappa shape index (κ1) is 22.9. The van der Waals surface area contributed by atoms with E-state index >= 15 is 0 Å². The average molecular weight is 447 g/mol. The molecule has 1 unspecified atom stereocenters. The Hall–Kier alpha value is -2.78. The fourth-order valence-electron chi connectivity index (χ4n) is 3.25. The van der Waals surface area contributed by atoms with Gasteiger partial charge in [-0.1, -0.05) is 0 Å². The summed E-state index contributed by atoms with van der Waals surface area (Å²) in [7, 11) is 0.280. The highest BCUT2D eigenvalue weighted by Gasteiger charge is 2.17. The number of sulfonamides is 1. The van der Waals surface area contributed by atoms with Gasteiger partial charge in [0.15, 0.2) is 6.10 Å². The Balaban J connectivity index is 1.54. The van der Waals surface area contributed by atoms with Gasteiger partial charge in [-0.25, -0.2) is 8.42 Å². The molecule has 1 aliphatic rings. The first-order valence-corrected chi connectivity index (χ1v) is 12.0. The molecule has 8 nitrogen and oxygen atoms in total. The third-order valence-corrected chi connectivity index (χ3v) is 6.59. The van der Waals surface area contributed by atoms with E-state index in [2.05, 4.69) is 22.2 Å². The second-order valence-corrected chi connectivity index (χ2v) is 9.82. The lowest BCUT2D eigenvalue weighted by atomic mass is 10.2. The Kier molecular flexibility index (Phi) is 7.07. The summed E-state index contributed by atoms with van der Waals surface area (Å²) in [5.41, 5.74) is 2.38. The van der Waals surface area contributed by atoms with Gasteiger partial charge in [0.25, 0.3) is 5.91 Å². The van der Waals surface area contributed by atoms with Gasteiger partial charge in [-0.15, -0.1) is 0 Å². The van der Waals surface area contributed by atoms with Crippen LogP contribution in [0.2, 0.25) is 0 Å². The van der Waals surface area contributed by atoms with Crippen molar-refractivity contribution < 1.29 is 17.9 Å². The SMILES string of the molecule is CC(Oc1ccc(N(C)S(C)(=O)=O)cc1)C(=O)Nc1ccc(N2CCN(C)CC2)cc1. The average Bonchev–Trinajstić information content (AvgIpc) is 2.74. The van der Waals surface area contributed by atoms with Crippen molar-refractivity contribution in [2.45, 2.75) is 13.0 Å². The molecule has 2 aromatic rings. The van der Waals surface area contributed by atoms with Crippen molar-refractivity contribution in [3.63, 3.8) is 0 Å². The normalized spacial score (nSPS) is 15.9. The molecule has 2 aromatic carbocycles. The Morgan fingerprint density at radius 3 is 2.16 bits per heavy atom. The maximum Gasteiger partial charge on any atom is 0.265 e. The number of benzene rings is 2. The van der Waals surface area contributed by atoms with Crippen molar-refractivity contribution in [2.24, 2.45) is 0 Å². The van der Waals surface area contributed by atoms with Crippen molar-refractivity contribution in [2.75, 3.05) is 61.1 Å². The second kappa shape index (κ2) is 9.57. The zero-order valence-corrected chi connectivity index (χ0v) is 19.2. The van der Waals surface area contributed by atoms with E-state index in [9.17, 15) is 13.2 Å². The molecule has 1 heterocycles. The molecule has 1 atom stereocenters. The minimum absolute atomic E-state index is 0.260. The smallest absolute Gasteiger partial charge is 0.265 e. The number of anilines is 3. The van der Waals surface area contributed by atoms with Gasteiger partial charge in [-0.3, -0.25) is 9.10 Å². The molecule has 168 valence electrons. The van der Waals surface area contributed by atoms with E-state index in [0.717, 1.165) is 38.1 Å². The lowest BCUT2D eigenvalue weighted by Gasteiger charge is -2.34. The van der Waals surface area contributed by atoms with E-state index in [-0.39, 0.29) is 5.91 Å². The van der Waals surface area contributed by atoms with Crippen LogP contribution in [-0.4, -0.2) is 71.9 Å². The highest BCUT2D eigenvalue weighted by Crippen LogP contribution is 2.22. The van der Waals surface area contributed by atoms with E-state index < -0.39 is 16.1 Å². The monoisotopic (exact) mass is 446 g/mol. The number of rotatable bonds is 7. The minimum Gasteiger partial charge on any atom is -0.481 e. The van der Waals surface area contributed by atoms with E-state index in [4.69, 9.17) is 4.74 Å². The van der Waals surface area contributed by atoms with Crippen LogP contribution in [0.5, 0.6) is 5.75 Å². The van der Waals surface area contributed by atoms with E-state index in [1.807, 2.05) is 24.3 Å². The summed E-state index contributed by atoms with van der Waals surface area (Å²) in [6.07, 6.45) is 0.428. The first-order chi connectivity index (χ1) is 14.6. The molecule has 0 aromatic heterocycles. The molecule has 1 aliphatic heterocycles. The van der Waals surface area contributed by atoms with Crippen LogP contribution in [0.4, 0.5) is 17.1 Å². The van der Waals surface area contributed by atoms with Crippen LogP contribution in [0.1, 0.15) is 6.92 Å². The summed E-state index contributed by atoms with van der Waals surface area (Å²) >= 11 is 0. The van der Waals surface area contributed by atoms with Crippen molar-refractivity contribution in [3.05, 3.63) is 48.5 Å². The topological polar surface area (TPSA) is 82.2 Å². The summed E-state index contributed by atoms with van der Waals surface area (Å²) in [6, 6.07) is 14.4. The molecule has 9 heteroatoms. The lowest BCUT2D eigenvalue weighted by Crippen LogP contribution is -2.44. The zero-order chi connectivity index (χ0) is 22.6. The predicted octanol–water partition coefficient (Wildman–Crippen LogP) is 2.24. The Labute approximate surface area is 184 Å². The zero-order valence-electron chi connectivity index (χ0n) is 18.4. The maximum absolute atomic E-state index is 12.5. The molecular weight excluding hydrogens is 416 g/mol. The fourth-order valence-corrected chi connectivity index (χ4v) is 3.75. The van der Waals surface area contributed by atoms with Crippen molar-refractivity contribution in [1.82, 2.24) is 4.90 Å². The Morgan fingerprint density at radius 2 is 1.61 bits per heavy atom. The van der Waals surface area contributed by atoms with Crippen molar-refractivity contribution in [3.8, 4) is 5.75 Å². The largest absolute Gasteiger partial charge is 0.481 e. The molecule has 1 fully saturated rings. The van der Waals surface area contributed by atoms with Crippen molar-refractivity contribution in [1.29, 1.82) is 0 Å². The number of carbonyl (C=O) groups excluding carboxylic acids is 1. The van der Waals surface area contributed by atoms with Gasteiger partial charge < -0.3 is 19.9 Å². The molecule has 3 rings (SSSR count). The number of nitrogens with zero attached hydrogens (tertiary/aromatic N) is 3. The number of likely N-dealkylation sites (N-methyl/N-ethyl adjacent to an activating group) is 1. The fraction of sp³-hybridized carbons (Fsp3) is 0.409. The maximum atomic E-state index is 12.5. The summed E-state index contributed by atoms with van der Waals surface area (Å²) in [4.78, 5) is 17.2. The van der Waals surface area contributed by atoms with Crippen molar-refractivity contribution >= 4 is 33.0 Å². The molecule has 31 heavy (non-hydrogen) atoms. The van der Waals surface area contributed by atoms with Gasteiger partial charge in [-0.05, 0) is 62.5 Å². The lowest BCUT2D eigenvalue weighted by molar-refractivity contribution is -0.122. The number of hydrogen-bond acceptors (Lipinski definition) is 6. The molecule has 0 radical (unpaired) electrons. The van der Waals surface area contributed by atoms with Gasteiger partial charge in [0, 0.05) is 44.6 Å². The second-order valence-electron chi connectivity index (χ2n) is 7.81. The standard InChI is InChI=1S/C22H30N4O4S/c1-17(30-21-11-9-19(10-12-21)25(3)31(4,28)29)22(27)23-18-5-7-20(8-6-18)26-15-13-24(2)14-16-26/h5-12,17H,13-16H2,1-4H3,(H,23,27). The van der Waals surface area contributed by atoms with Gasteiger partial charge in [0.2, 0.25) is 10.0 Å². The molecule has 0 bridgehead atoms. The molecular formula is C22H30N4O4S. The van der Waals surface area contributed by atoms with E-state index in [1.165, 1.54) is 11.4 Å². The van der Waals surface area contributed by atoms with Crippen LogP contribution < -0.4 is 19.3 Å². The summed E-state index contributed by atoms with van der Waals surface area (Å²) in [5, 5.41) is 2.87. The van der Waals surface area contributed by atoms with Gasteiger partial charge in [0.1, 0.15) is 5.75 Å². The third kappa shape index (κ3) is 6.11. The van der Waals surface area contributed by atoms with Gasteiger partial charge in [0.05, 0.1) is 11.9 Å². The van der Waals surface area contributed by atoms with Crippen LogP contribution in [0, 0.1) is 0 Å². The molecule has 1 saturated heterocycles. The highest BCUT2D eigenvalue weighted by molar-refractivity contribution is 7.92. The third-order valence-electron chi connectivity index (χ3n) is 5.38. The van der Waals surface area contributed by atoms with Crippen LogP contribution in [0.3, 0.4) is 0 Å². The molecule has 1 N–H and O–H groups in total. The Morgan fingerprint density at radius 1 is 1.03 bits per heavy atom. The van der Waals surface area contributed by atoms with Crippen LogP contribution in [-0.2, 0) is 14.8 Å². The summed E-state index contributed by atoms with van der Waals surface area (Å²) in [6.45, 7) is 5.74. The molecule has 0 aliphatic carbocycles. The molecule has 0 saturated carbocycles. The number of amides is 1. The number of carbonyl (C=O) groups is 1. The van der Waals surface area contributed by atoms with Crippen LogP contribution in [0.15, 0.2) is 48.5 Å². The number of hydrogen-bond donors (Lipinski definition) is 1. The Bertz CT molecular complexity index is 985. The summed E-state index contributed by atoms with van der Waals surface area (Å²) < 4.78 is 30.1. The molecule has 0 spiro atoms. The van der Waals surface area contributed by atoms with Gasteiger partial charge >= 0.3 is 0 Å². The predicted molar refractivity (Wildman–Crippen MR) is 125 cm³/mol. The molecule has 1 amide bonds. The van der Waals surface area contributed by atoms with Gasteiger partial charge in [-0.2, -0.15) is 0 Å². The quantitative estimate of drug-likeness (QED) is 0.703. The highest BCUT2D eigenvalue weighted by atomic mass is 32.2. The number of piperazine rings is 1. The summed E-state index contributed by atoms with van der Waals surface area (Å²) in [5.74, 6) is 0.225. The van der Waals surface area contributed by atoms with E-state index in [0.29, 0.717) is 17.1 Å². The van der Waals surface area contributed by atoms with E-state index in [1.54, 1.807) is 31.2 Å². The number of nitrogens with one attached hydrogen (secondary N) is 1. The van der Waals surface area contributed by atoms with Crippen LogP contribution >= 0.6 is 0 Å². The number of ether oxygens (including phenoxy) is 1. The van der Waals surface area contributed by atoms with Crippen LogP contribution in [0.25, 0.3) is 0 Å². The minimum atomic E-state index is -3.33. The first-order valence-electron chi connectivity index (χ1n) is 10.2.